The summed E-state index contributed by atoms with van der Waals surface area (Å²) in [5.41, 5.74) is 8.66. The molecule has 0 saturated heterocycles. The first kappa shape index (κ1) is 18.6. The number of hydrogen-bond donors (Lipinski definition) is 2. The number of benzene rings is 1. The fourth-order valence-electron chi connectivity index (χ4n) is 4.00. The number of aromatic nitrogens is 3. The van der Waals surface area contributed by atoms with Gasteiger partial charge in [0.25, 0.3) is 0 Å². The van der Waals surface area contributed by atoms with E-state index < -0.39 is 5.92 Å². The van der Waals surface area contributed by atoms with Crippen LogP contribution in [0.1, 0.15) is 30.7 Å². The summed E-state index contributed by atoms with van der Waals surface area (Å²) in [4.78, 5) is 18.9. The molecule has 0 radical (unpaired) electrons. The average molecular weight is 392 g/mol. The van der Waals surface area contributed by atoms with E-state index in [2.05, 4.69) is 21.3 Å². The summed E-state index contributed by atoms with van der Waals surface area (Å²) in [5.74, 6) is 1.09. The quantitative estimate of drug-likeness (QED) is 0.809. The molecule has 0 unspecified atom stereocenters. The minimum Gasteiger partial charge on any atom is -0.497 e. The molecule has 1 aliphatic carbocycles. The Morgan fingerprint density at radius 3 is 2.79 bits per heavy atom. The van der Waals surface area contributed by atoms with Gasteiger partial charge in [-0.15, -0.1) is 0 Å². The minimum absolute atomic E-state index is 0.0149. The average Bonchev–Trinajstić information content (AvgIpc) is 3.27. The van der Waals surface area contributed by atoms with Gasteiger partial charge in [0.05, 0.1) is 31.8 Å². The zero-order valence-corrected chi connectivity index (χ0v) is 16.1. The number of nitrogens with one attached hydrogen (secondary N) is 1. The molecule has 3 N–H and O–H groups in total. The van der Waals surface area contributed by atoms with Gasteiger partial charge < -0.3 is 15.2 Å². The third kappa shape index (κ3) is 2.89. The first-order valence-electron chi connectivity index (χ1n) is 9.14. The van der Waals surface area contributed by atoms with Crippen molar-refractivity contribution in [1.82, 2.24) is 15.2 Å². The highest BCUT2D eigenvalue weighted by atomic mass is 16.5. The summed E-state index contributed by atoms with van der Waals surface area (Å²) in [6.45, 7) is 0. The topological polar surface area (TPSA) is 130 Å². The monoisotopic (exact) mass is 392 g/mol. The molecule has 9 nitrogen and oxygen atoms in total. The van der Waals surface area contributed by atoms with Gasteiger partial charge in [0.1, 0.15) is 23.6 Å². The van der Waals surface area contributed by atoms with Crippen LogP contribution >= 0.6 is 0 Å². The molecule has 148 valence electrons. The predicted molar refractivity (Wildman–Crippen MR) is 104 cm³/mol. The zero-order chi connectivity index (χ0) is 20.5. The SMILES string of the molecule is COc1ccc([C@H]2C(C#N)=C(N)N(c3ncn[nH]3)C3=C2C(=O)CCC3)c(OC)c1. The van der Waals surface area contributed by atoms with Crippen molar-refractivity contribution in [1.29, 1.82) is 5.26 Å². The molecular weight excluding hydrogens is 372 g/mol. The van der Waals surface area contributed by atoms with E-state index in [0.717, 1.165) is 5.70 Å². The van der Waals surface area contributed by atoms with E-state index in [0.29, 0.717) is 47.8 Å². The van der Waals surface area contributed by atoms with Crippen molar-refractivity contribution < 1.29 is 14.3 Å². The number of nitrogens with two attached hydrogens (primary N) is 1. The minimum atomic E-state index is -0.622. The number of anilines is 1. The van der Waals surface area contributed by atoms with Crippen molar-refractivity contribution in [2.45, 2.75) is 25.2 Å². The third-order valence-electron chi connectivity index (χ3n) is 5.28. The molecule has 2 heterocycles. The molecule has 0 bridgehead atoms. The number of carbonyl (C=O) groups is 1. The number of methoxy groups -OCH3 is 2. The molecule has 4 rings (SSSR count). The smallest absolute Gasteiger partial charge is 0.231 e. The molecule has 0 saturated carbocycles. The number of nitriles is 1. The lowest BCUT2D eigenvalue weighted by atomic mass is 9.75. The van der Waals surface area contributed by atoms with Crippen LogP contribution < -0.4 is 20.1 Å². The Morgan fingerprint density at radius 2 is 2.14 bits per heavy atom. The van der Waals surface area contributed by atoms with Crippen LogP contribution in [-0.4, -0.2) is 35.2 Å². The highest BCUT2D eigenvalue weighted by molar-refractivity contribution is 6.01. The van der Waals surface area contributed by atoms with Crippen LogP contribution in [0, 0.1) is 11.3 Å². The van der Waals surface area contributed by atoms with E-state index >= 15 is 0 Å². The number of allylic oxidation sites excluding steroid dienone is 3. The normalized spacial score (nSPS) is 19.1. The van der Waals surface area contributed by atoms with Gasteiger partial charge in [-0.2, -0.15) is 15.3 Å². The Morgan fingerprint density at radius 1 is 1.31 bits per heavy atom. The van der Waals surface area contributed by atoms with Crippen LogP contribution in [0.15, 0.2) is 47.2 Å². The first-order valence-corrected chi connectivity index (χ1v) is 9.14. The molecular formula is C20H20N6O3. The summed E-state index contributed by atoms with van der Waals surface area (Å²) in [5, 5.41) is 16.6. The van der Waals surface area contributed by atoms with Gasteiger partial charge in [-0.3, -0.25) is 9.69 Å². The van der Waals surface area contributed by atoms with Crippen molar-refractivity contribution in [3.8, 4) is 17.6 Å². The molecule has 1 aliphatic heterocycles. The maximum Gasteiger partial charge on any atom is 0.231 e. The van der Waals surface area contributed by atoms with Gasteiger partial charge in [-0.1, -0.05) is 6.07 Å². The lowest BCUT2D eigenvalue weighted by Crippen LogP contribution is -2.39. The Kier molecular flexibility index (Phi) is 4.68. The van der Waals surface area contributed by atoms with Crippen LogP contribution in [0.25, 0.3) is 0 Å². The summed E-state index contributed by atoms with van der Waals surface area (Å²) >= 11 is 0. The maximum absolute atomic E-state index is 13.0. The maximum atomic E-state index is 13.0. The third-order valence-corrected chi connectivity index (χ3v) is 5.28. The van der Waals surface area contributed by atoms with E-state index in [1.165, 1.54) is 6.33 Å². The molecule has 9 heteroatoms. The highest BCUT2D eigenvalue weighted by Crippen LogP contribution is 2.48. The number of H-pyrrole nitrogens is 1. The second-order valence-corrected chi connectivity index (χ2v) is 6.73. The number of hydrogen-bond acceptors (Lipinski definition) is 8. The zero-order valence-electron chi connectivity index (χ0n) is 16.1. The molecule has 0 spiro atoms. The number of ketones is 1. The summed E-state index contributed by atoms with van der Waals surface area (Å²) in [7, 11) is 3.10. The molecule has 2 aliphatic rings. The van der Waals surface area contributed by atoms with E-state index in [9.17, 15) is 10.1 Å². The van der Waals surface area contributed by atoms with Gasteiger partial charge in [-0.05, 0) is 18.9 Å². The van der Waals surface area contributed by atoms with E-state index in [4.69, 9.17) is 15.2 Å². The molecule has 0 amide bonds. The van der Waals surface area contributed by atoms with Gasteiger partial charge in [0, 0.05) is 29.3 Å². The van der Waals surface area contributed by atoms with Crippen molar-refractivity contribution in [2.75, 3.05) is 19.1 Å². The van der Waals surface area contributed by atoms with E-state index in [-0.39, 0.29) is 17.2 Å². The molecule has 2 aromatic rings. The molecule has 1 aromatic heterocycles. The lowest BCUT2D eigenvalue weighted by Gasteiger charge is -2.38. The standard InChI is InChI=1S/C20H20N6O3/c1-28-11-6-7-12(16(8-11)29-2)17-13(9-21)19(22)26(20-23-10-24-25-20)14-4-3-5-15(27)18(14)17/h6-8,10,17H,3-5,22H2,1-2H3,(H,23,24,25)/t17-/m0/s1. The number of nitrogens with zero attached hydrogens (tertiary/aromatic N) is 4. The number of ether oxygens (including phenoxy) is 2. The number of carbonyl (C=O) groups excluding carboxylic acids is 1. The summed E-state index contributed by atoms with van der Waals surface area (Å²) in [6, 6.07) is 7.52. The Labute approximate surface area is 167 Å². The van der Waals surface area contributed by atoms with Crippen LogP contribution in [-0.2, 0) is 4.79 Å². The van der Waals surface area contributed by atoms with E-state index in [1.807, 2.05) is 6.07 Å². The van der Waals surface area contributed by atoms with Crippen molar-refractivity contribution in [3.63, 3.8) is 0 Å². The van der Waals surface area contributed by atoms with Crippen LogP contribution in [0.3, 0.4) is 0 Å². The van der Waals surface area contributed by atoms with Crippen LogP contribution in [0.5, 0.6) is 11.5 Å². The largest absolute Gasteiger partial charge is 0.497 e. The van der Waals surface area contributed by atoms with Gasteiger partial charge >= 0.3 is 0 Å². The van der Waals surface area contributed by atoms with Crippen LogP contribution in [0.2, 0.25) is 0 Å². The number of rotatable bonds is 4. The first-order chi connectivity index (χ1) is 14.1. The Balaban J connectivity index is 1.98. The van der Waals surface area contributed by atoms with Gasteiger partial charge in [0.15, 0.2) is 5.78 Å². The molecule has 1 atom stereocenters. The fourth-order valence-corrected chi connectivity index (χ4v) is 4.00. The second kappa shape index (κ2) is 7.31. The summed E-state index contributed by atoms with van der Waals surface area (Å²) < 4.78 is 10.8. The lowest BCUT2D eigenvalue weighted by molar-refractivity contribution is -0.116. The number of aromatic amines is 1. The van der Waals surface area contributed by atoms with Crippen molar-refractivity contribution in [2.24, 2.45) is 5.73 Å². The second-order valence-electron chi connectivity index (χ2n) is 6.73. The van der Waals surface area contributed by atoms with Crippen molar-refractivity contribution in [3.05, 3.63) is 52.8 Å². The Bertz CT molecular complexity index is 1060. The van der Waals surface area contributed by atoms with Gasteiger partial charge in [0.2, 0.25) is 5.95 Å². The van der Waals surface area contributed by atoms with Crippen molar-refractivity contribution >= 4 is 11.7 Å². The predicted octanol–water partition coefficient (Wildman–Crippen LogP) is 2.13. The fraction of sp³-hybridized carbons (Fsp3) is 0.300. The van der Waals surface area contributed by atoms with Gasteiger partial charge in [-0.25, -0.2) is 5.10 Å². The van der Waals surface area contributed by atoms with E-state index in [1.54, 1.807) is 31.3 Å². The molecule has 29 heavy (non-hydrogen) atoms. The molecule has 1 aromatic carbocycles. The highest BCUT2D eigenvalue weighted by Gasteiger charge is 2.42. The van der Waals surface area contributed by atoms with Crippen LogP contribution in [0.4, 0.5) is 5.95 Å². The molecule has 0 fully saturated rings. The number of Topliss-reactive ketones (excluding diaryl/α,β-unsaturated/α-hetero) is 1. The Hall–Kier alpha value is -3.80. The summed E-state index contributed by atoms with van der Waals surface area (Å²) in [6.07, 6.45) is 3.11.